The predicted octanol–water partition coefficient (Wildman–Crippen LogP) is 3.65. The van der Waals surface area contributed by atoms with Crippen LogP contribution < -0.4 is 0 Å². The molecule has 0 saturated carbocycles. The van der Waals surface area contributed by atoms with Gasteiger partial charge in [0.15, 0.2) is 0 Å². The summed E-state index contributed by atoms with van der Waals surface area (Å²) in [6.45, 7) is 6.74. The highest BCUT2D eigenvalue weighted by Gasteiger charge is 2.21. The van der Waals surface area contributed by atoms with Crippen molar-refractivity contribution in [2.45, 2.75) is 44.4 Å². The molecule has 1 aromatic rings. The lowest BCUT2D eigenvalue weighted by molar-refractivity contribution is 0.428. The highest BCUT2D eigenvalue weighted by molar-refractivity contribution is 7.89. The molecule has 0 atom stereocenters. The van der Waals surface area contributed by atoms with E-state index in [2.05, 4.69) is 13.8 Å². The number of hydrogen-bond acceptors (Lipinski definition) is 2. The molecule has 1 rings (SSSR count). The van der Waals surface area contributed by atoms with Crippen molar-refractivity contribution >= 4 is 21.6 Å². The summed E-state index contributed by atoms with van der Waals surface area (Å²) in [7, 11) is -1.79. The second kappa shape index (κ2) is 7.43. The Kier molecular flexibility index (Phi) is 6.49. The summed E-state index contributed by atoms with van der Waals surface area (Å²) >= 11 is 5.91. The van der Waals surface area contributed by atoms with Crippen LogP contribution in [0.15, 0.2) is 23.1 Å². The molecule has 114 valence electrons. The van der Waals surface area contributed by atoms with E-state index >= 15 is 0 Å². The number of halogens is 1. The molecule has 0 bridgehead atoms. The maximum atomic E-state index is 12.5. The molecule has 0 heterocycles. The molecule has 20 heavy (non-hydrogen) atoms. The molecule has 0 unspecified atom stereocenters. The summed E-state index contributed by atoms with van der Waals surface area (Å²) in [5.41, 5.74) is 2.00. The van der Waals surface area contributed by atoms with Crippen molar-refractivity contribution in [3.63, 3.8) is 0 Å². The summed E-state index contributed by atoms with van der Waals surface area (Å²) in [5, 5.41) is 0. The Balaban J connectivity index is 3.03. The summed E-state index contributed by atoms with van der Waals surface area (Å²) in [6.07, 6.45) is 1.71. The second-order valence-corrected chi connectivity index (χ2v) is 7.74. The van der Waals surface area contributed by atoms with Crippen LogP contribution in [-0.4, -0.2) is 26.3 Å². The zero-order chi connectivity index (χ0) is 15.3. The van der Waals surface area contributed by atoms with E-state index in [9.17, 15) is 8.42 Å². The second-order valence-electron chi connectivity index (χ2n) is 5.43. The van der Waals surface area contributed by atoms with Gasteiger partial charge < -0.3 is 0 Å². The number of alkyl halides is 1. The van der Waals surface area contributed by atoms with E-state index in [1.54, 1.807) is 19.2 Å². The van der Waals surface area contributed by atoms with E-state index in [1.165, 1.54) is 4.31 Å². The Morgan fingerprint density at radius 1 is 1.25 bits per heavy atom. The average molecular weight is 318 g/mol. The summed E-state index contributed by atoms with van der Waals surface area (Å²) < 4.78 is 26.4. The number of rotatable bonds is 7. The third-order valence-corrected chi connectivity index (χ3v) is 5.57. The van der Waals surface area contributed by atoms with Gasteiger partial charge in [-0.2, -0.15) is 0 Å². The van der Waals surface area contributed by atoms with Gasteiger partial charge >= 0.3 is 0 Å². The van der Waals surface area contributed by atoms with Crippen molar-refractivity contribution in [1.29, 1.82) is 0 Å². The fourth-order valence-corrected chi connectivity index (χ4v) is 3.46. The van der Waals surface area contributed by atoms with Gasteiger partial charge in [0.1, 0.15) is 0 Å². The number of sulfonamides is 1. The van der Waals surface area contributed by atoms with Crippen molar-refractivity contribution in [3.8, 4) is 0 Å². The fourth-order valence-electron chi connectivity index (χ4n) is 1.97. The number of aryl methyl sites for hydroxylation is 1. The molecule has 0 N–H and O–H groups in total. The largest absolute Gasteiger partial charge is 0.242 e. The first-order valence-electron chi connectivity index (χ1n) is 6.97. The van der Waals surface area contributed by atoms with Crippen LogP contribution in [0.5, 0.6) is 0 Å². The number of hydrogen-bond donors (Lipinski definition) is 0. The fraction of sp³-hybridized carbons (Fsp3) is 0.600. The van der Waals surface area contributed by atoms with Crippen LogP contribution in [0, 0.1) is 5.92 Å². The molecule has 0 aliphatic carbocycles. The Morgan fingerprint density at radius 3 is 2.40 bits per heavy atom. The molecule has 0 radical (unpaired) electrons. The van der Waals surface area contributed by atoms with Crippen LogP contribution in [-0.2, 0) is 22.3 Å². The zero-order valence-electron chi connectivity index (χ0n) is 12.7. The standard InChI is InChI=1S/C15H24ClNO2S/c1-5-13-6-7-15(10-14(13)11-16)20(18,19)17(4)9-8-12(2)3/h6-7,10,12H,5,8-9,11H2,1-4H3. The smallest absolute Gasteiger partial charge is 0.207 e. The van der Waals surface area contributed by atoms with Crippen LogP contribution in [0.2, 0.25) is 0 Å². The van der Waals surface area contributed by atoms with E-state index < -0.39 is 10.0 Å². The van der Waals surface area contributed by atoms with Crippen LogP contribution in [0.3, 0.4) is 0 Å². The van der Waals surface area contributed by atoms with Gasteiger partial charge in [-0.05, 0) is 42.0 Å². The van der Waals surface area contributed by atoms with Crippen molar-refractivity contribution in [3.05, 3.63) is 29.3 Å². The van der Waals surface area contributed by atoms with Gasteiger partial charge in [-0.15, -0.1) is 11.6 Å². The molecule has 0 saturated heterocycles. The molecule has 0 amide bonds. The van der Waals surface area contributed by atoms with Crippen molar-refractivity contribution in [1.82, 2.24) is 4.31 Å². The lowest BCUT2D eigenvalue weighted by Gasteiger charge is -2.19. The first-order valence-corrected chi connectivity index (χ1v) is 8.94. The predicted molar refractivity (Wildman–Crippen MR) is 84.6 cm³/mol. The van der Waals surface area contributed by atoms with Gasteiger partial charge in [0.25, 0.3) is 0 Å². The minimum absolute atomic E-state index is 0.330. The van der Waals surface area contributed by atoms with Gasteiger partial charge in [0.2, 0.25) is 10.0 Å². The lowest BCUT2D eigenvalue weighted by atomic mass is 10.1. The van der Waals surface area contributed by atoms with Gasteiger partial charge in [-0.3, -0.25) is 0 Å². The van der Waals surface area contributed by atoms with Crippen molar-refractivity contribution in [2.75, 3.05) is 13.6 Å². The normalized spacial score (nSPS) is 12.3. The molecule has 0 spiro atoms. The minimum Gasteiger partial charge on any atom is -0.207 e. The van der Waals surface area contributed by atoms with Gasteiger partial charge in [0, 0.05) is 19.5 Å². The first kappa shape index (κ1) is 17.5. The maximum Gasteiger partial charge on any atom is 0.242 e. The van der Waals surface area contributed by atoms with E-state index in [0.717, 1.165) is 24.0 Å². The Labute approximate surface area is 128 Å². The van der Waals surface area contributed by atoms with E-state index in [-0.39, 0.29) is 0 Å². The van der Waals surface area contributed by atoms with Crippen molar-refractivity contribution < 1.29 is 8.42 Å². The molecular formula is C15H24ClNO2S. The Bertz CT molecular complexity index is 541. The monoisotopic (exact) mass is 317 g/mol. The van der Waals surface area contributed by atoms with Crippen LogP contribution in [0.25, 0.3) is 0 Å². The minimum atomic E-state index is -3.42. The highest BCUT2D eigenvalue weighted by atomic mass is 35.5. The van der Waals surface area contributed by atoms with E-state index in [1.807, 2.05) is 13.0 Å². The molecule has 0 aliphatic rings. The van der Waals surface area contributed by atoms with Gasteiger partial charge in [-0.25, -0.2) is 12.7 Å². The number of benzene rings is 1. The molecule has 0 fully saturated rings. The zero-order valence-corrected chi connectivity index (χ0v) is 14.3. The third-order valence-electron chi connectivity index (χ3n) is 3.43. The Morgan fingerprint density at radius 2 is 1.90 bits per heavy atom. The van der Waals surface area contributed by atoms with Crippen LogP contribution in [0.4, 0.5) is 0 Å². The topological polar surface area (TPSA) is 37.4 Å². The molecule has 5 heteroatoms. The maximum absolute atomic E-state index is 12.5. The summed E-state index contributed by atoms with van der Waals surface area (Å²) in [4.78, 5) is 0.330. The number of nitrogens with zero attached hydrogens (tertiary/aromatic N) is 1. The highest BCUT2D eigenvalue weighted by Crippen LogP contribution is 2.21. The SMILES string of the molecule is CCc1ccc(S(=O)(=O)N(C)CCC(C)C)cc1CCl. The van der Waals surface area contributed by atoms with E-state index in [0.29, 0.717) is 23.2 Å². The van der Waals surface area contributed by atoms with E-state index in [4.69, 9.17) is 11.6 Å². The lowest BCUT2D eigenvalue weighted by Crippen LogP contribution is -2.28. The molecule has 3 nitrogen and oxygen atoms in total. The Hall–Kier alpha value is -0.580. The van der Waals surface area contributed by atoms with Gasteiger partial charge in [-0.1, -0.05) is 26.8 Å². The summed E-state index contributed by atoms with van der Waals surface area (Å²) in [5.74, 6) is 0.816. The summed E-state index contributed by atoms with van der Waals surface area (Å²) in [6, 6.07) is 5.24. The molecular weight excluding hydrogens is 294 g/mol. The molecule has 1 aromatic carbocycles. The van der Waals surface area contributed by atoms with Crippen LogP contribution >= 0.6 is 11.6 Å². The van der Waals surface area contributed by atoms with Gasteiger partial charge in [0.05, 0.1) is 4.90 Å². The third kappa shape index (κ3) is 4.21. The first-order chi connectivity index (χ1) is 9.32. The average Bonchev–Trinajstić information content (AvgIpc) is 2.43. The molecule has 0 aliphatic heterocycles. The van der Waals surface area contributed by atoms with Crippen molar-refractivity contribution in [2.24, 2.45) is 5.92 Å². The van der Waals surface area contributed by atoms with Crippen LogP contribution in [0.1, 0.15) is 38.3 Å². The quantitative estimate of drug-likeness (QED) is 0.720. The molecule has 0 aromatic heterocycles.